The average Bonchev–Trinajstić information content (AvgIpc) is 3.54. The van der Waals surface area contributed by atoms with Crippen LogP contribution in [0.15, 0.2) is 48.7 Å². The topological polar surface area (TPSA) is 62.5 Å². The lowest BCUT2D eigenvalue weighted by Gasteiger charge is -2.24. The number of alkyl halides is 3. The molecule has 1 fully saturated rings. The summed E-state index contributed by atoms with van der Waals surface area (Å²) in [6, 6.07) is 10.7. The summed E-state index contributed by atoms with van der Waals surface area (Å²) in [4.78, 5) is 25.6. The zero-order valence-electron chi connectivity index (χ0n) is 17.5. The summed E-state index contributed by atoms with van der Waals surface area (Å²) in [6.45, 7) is 2.25. The maximum absolute atomic E-state index is 13.5. The van der Waals surface area contributed by atoms with Gasteiger partial charge in [0.05, 0.1) is 23.2 Å². The van der Waals surface area contributed by atoms with Crippen LogP contribution in [0.3, 0.4) is 0 Å². The van der Waals surface area contributed by atoms with Gasteiger partial charge in [-0.1, -0.05) is 18.2 Å². The van der Waals surface area contributed by atoms with Gasteiger partial charge >= 0.3 is 12.1 Å². The lowest BCUT2D eigenvalue weighted by molar-refractivity contribution is -0.138. The van der Waals surface area contributed by atoms with Crippen molar-refractivity contribution in [2.75, 3.05) is 6.54 Å². The van der Waals surface area contributed by atoms with Crippen molar-refractivity contribution >= 4 is 22.8 Å². The van der Waals surface area contributed by atoms with E-state index in [0.29, 0.717) is 28.9 Å². The molecule has 0 radical (unpaired) electrons. The molecule has 0 spiro atoms. The van der Waals surface area contributed by atoms with Crippen molar-refractivity contribution in [2.45, 2.75) is 38.9 Å². The number of nitrogens with zero attached hydrogens (tertiary/aromatic N) is 2. The van der Waals surface area contributed by atoms with Crippen molar-refractivity contribution in [1.82, 2.24) is 9.47 Å². The Labute approximate surface area is 183 Å². The summed E-state index contributed by atoms with van der Waals surface area (Å²) in [5.74, 6) is -1.08. The quantitative estimate of drug-likeness (QED) is 0.556. The number of halogens is 3. The number of aliphatic carboxylic acids is 1. The smallest absolute Gasteiger partial charge is 0.416 e. The van der Waals surface area contributed by atoms with E-state index < -0.39 is 17.7 Å². The monoisotopic (exact) mass is 444 g/mol. The third kappa shape index (κ3) is 4.35. The number of carboxylic acids is 1. The largest absolute Gasteiger partial charge is 0.481 e. The van der Waals surface area contributed by atoms with Crippen LogP contribution >= 0.6 is 0 Å². The molecule has 1 heterocycles. The predicted molar refractivity (Wildman–Crippen MR) is 113 cm³/mol. The Balaban J connectivity index is 1.85. The highest BCUT2D eigenvalue weighted by Crippen LogP contribution is 2.35. The van der Waals surface area contributed by atoms with Gasteiger partial charge in [0, 0.05) is 30.6 Å². The molecule has 32 heavy (non-hydrogen) atoms. The maximum Gasteiger partial charge on any atom is 0.416 e. The van der Waals surface area contributed by atoms with Gasteiger partial charge in [-0.3, -0.25) is 9.59 Å². The SMILES string of the molecule is CCN(Cc1cc(C(F)(F)F)ccc1-n1cc(CC(=O)O)c2ccccc21)C(=O)C1CC1. The first-order valence-electron chi connectivity index (χ1n) is 10.5. The van der Waals surface area contributed by atoms with Crippen LogP contribution in [-0.4, -0.2) is 33.0 Å². The Kier molecular flexibility index (Phi) is 5.71. The summed E-state index contributed by atoms with van der Waals surface area (Å²) in [6.07, 6.45) is -1.44. The van der Waals surface area contributed by atoms with Crippen molar-refractivity contribution in [3.05, 3.63) is 65.4 Å². The molecule has 1 aliphatic rings. The van der Waals surface area contributed by atoms with Crippen molar-refractivity contribution in [1.29, 1.82) is 0 Å². The minimum atomic E-state index is -4.52. The summed E-state index contributed by atoms with van der Waals surface area (Å²) in [7, 11) is 0. The molecule has 0 atom stereocenters. The molecule has 1 saturated carbocycles. The highest BCUT2D eigenvalue weighted by molar-refractivity contribution is 5.89. The summed E-state index contributed by atoms with van der Waals surface area (Å²) < 4.78 is 42.1. The number of rotatable bonds is 7. The summed E-state index contributed by atoms with van der Waals surface area (Å²) in [5, 5.41) is 10.0. The number of para-hydroxylation sites is 1. The van der Waals surface area contributed by atoms with Gasteiger partial charge in [0.2, 0.25) is 5.91 Å². The molecule has 0 unspecified atom stereocenters. The fourth-order valence-corrected chi connectivity index (χ4v) is 4.02. The van der Waals surface area contributed by atoms with E-state index in [1.54, 1.807) is 39.9 Å². The van der Waals surface area contributed by atoms with Gasteiger partial charge in [-0.25, -0.2) is 0 Å². The zero-order chi connectivity index (χ0) is 23.0. The van der Waals surface area contributed by atoms with Gasteiger partial charge in [-0.2, -0.15) is 13.2 Å². The first kappa shape index (κ1) is 21.9. The Morgan fingerprint density at radius 2 is 1.84 bits per heavy atom. The number of amides is 1. The molecule has 5 nitrogen and oxygen atoms in total. The van der Waals surface area contributed by atoms with E-state index in [4.69, 9.17) is 0 Å². The molecule has 1 amide bonds. The molecular weight excluding hydrogens is 421 g/mol. The first-order valence-corrected chi connectivity index (χ1v) is 10.5. The van der Waals surface area contributed by atoms with Crippen LogP contribution in [0, 0.1) is 5.92 Å². The van der Waals surface area contributed by atoms with E-state index >= 15 is 0 Å². The second-order valence-electron chi connectivity index (χ2n) is 8.08. The molecule has 8 heteroatoms. The Bertz CT molecular complexity index is 1180. The molecule has 168 valence electrons. The van der Waals surface area contributed by atoms with E-state index in [1.807, 2.05) is 6.92 Å². The Morgan fingerprint density at radius 3 is 2.47 bits per heavy atom. The number of carboxylic acid groups (broad SMARTS) is 1. The molecular formula is C24H23F3N2O3. The van der Waals surface area contributed by atoms with Crippen LogP contribution in [0.1, 0.15) is 36.5 Å². The fourth-order valence-electron chi connectivity index (χ4n) is 4.02. The number of fused-ring (bicyclic) bond motifs is 1. The van der Waals surface area contributed by atoms with Crippen LogP contribution < -0.4 is 0 Å². The number of hydrogen-bond acceptors (Lipinski definition) is 2. The average molecular weight is 444 g/mol. The molecule has 4 rings (SSSR count). The van der Waals surface area contributed by atoms with Gasteiger partial charge in [-0.05, 0) is 55.2 Å². The summed E-state index contributed by atoms with van der Waals surface area (Å²) >= 11 is 0. The number of benzene rings is 2. The lowest BCUT2D eigenvalue weighted by Crippen LogP contribution is -2.32. The second kappa shape index (κ2) is 8.33. The van der Waals surface area contributed by atoms with E-state index in [-0.39, 0.29) is 24.8 Å². The highest BCUT2D eigenvalue weighted by atomic mass is 19.4. The number of aromatic nitrogens is 1. The van der Waals surface area contributed by atoms with Crippen LogP contribution in [0.25, 0.3) is 16.6 Å². The molecule has 3 aromatic rings. The van der Waals surface area contributed by atoms with E-state index in [2.05, 4.69) is 0 Å². The molecule has 1 aromatic heterocycles. The molecule has 0 saturated heterocycles. The zero-order valence-corrected chi connectivity index (χ0v) is 17.5. The van der Waals surface area contributed by atoms with Gasteiger partial charge in [0.1, 0.15) is 0 Å². The van der Waals surface area contributed by atoms with Gasteiger partial charge < -0.3 is 14.6 Å². The van der Waals surface area contributed by atoms with Crippen molar-refractivity contribution in [3.8, 4) is 5.69 Å². The van der Waals surface area contributed by atoms with Crippen LogP contribution in [0.5, 0.6) is 0 Å². The minimum absolute atomic E-state index is 0.0419. The molecule has 2 aromatic carbocycles. The molecule has 0 aliphatic heterocycles. The van der Waals surface area contributed by atoms with Gasteiger partial charge in [-0.15, -0.1) is 0 Å². The molecule has 1 N–H and O–H groups in total. The van der Waals surface area contributed by atoms with Gasteiger partial charge in [0.15, 0.2) is 0 Å². The normalized spacial score (nSPS) is 14.0. The van der Waals surface area contributed by atoms with Crippen LogP contribution in [0.2, 0.25) is 0 Å². The van der Waals surface area contributed by atoms with Crippen molar-refractivity contribution in [2.24, 2.45) is 5.92 Å². The van der Waals surface area contributed by atoms with Crippen LogP contribution in [0.4, 0.5) is 13.2 Å². The number of carbonyl (C=O) groups excluding carboxylic acids is 1. The van der Waals surface area contributed by atoms with Gasteiger partial charge in [0.25, 0.3) is 0 Å². The maximum atomic E-state index is 13.5. The molecule has 0 bridgehead atoms. The fraction of sp³-hybridized carbons (Fsp3) is 0.333. The predicted octanol–water partition coefficient (Wildman–Crippen LogP) is 5.03. The van der Waals surface area contributed by atoms with E-state index in [1.165, 1.54) is 6.07 Å². The Hall–Kier alpha value is -3.29. The second-order valence-corrected chi connectivity index (χ2v) is 8.08. The minimum Gasteiger partial charge on any atom is -0.481 e. The van der Waals surface area contributed by atoms with E-state index in [0.717, 1.165) is 30.4 Å². The van der Waals surface area contributed by atoms with E-state index in [9.17, 15) is 27.9 Å². The summed E-state index contributed by atoms with van der Waals surface area (Å²) in [5.41, 5.74) is 1.33. The van der Waals surface area contributed by atoms with Crippen molar-refractivity contribution < 1.29 is 27.9 Å². The Morgan fingerprint density at radius 1 is 1.12 bits per heavy atom. The standard InChI is InChI=1S/C24H23F3N2O3/c1-2-28(23(32)15-7-8-15)13-17-11-18(24(25,26)27)9-10-20(17)29-14-16(12-22(30)31)19-5-3-4-6-21(19)29/h3-6,9-11,14-15H,2,7-8,12-13H2,1H3,(H,30,31). The first-order chi connectivity index (χ1) is 15.2. The number of hydrogen-bond donors (Lipinski definition) is 1. The molecule has 1 aliphatic carbocycles. The van der Waals surface area contributed by atoms with Crippen LogP contribution in [-0.2, 0) is 28.7 Å². The number of carbonyl (C=O) groups is 2. The third-order valence-electron chi connectivity index (χ3n) is 5.78. The highest BCUT2D eigenvalue weighted by Gasteiger charge is 2.34. The lowest BCUT2D eigenvalue weighted by atomic mass is 10.1. The van der Waals surface area contributed by atoms with Crippen molar-refractivity contribution in [3.63, 3.8) is 0 Å². The third-order valence-corrected chi connectivity index (χ3v) is 5.78.